The predicted octanol–water partition coefficient (Wildman–Crippen LogP) is 2.70. The number of carboxylic acid groups (broad SMARTS) is 1. The molecular formula is C23H27NO7. The van der Waals surface area contributed by atoms with Gasteiger partial charge in [0.1, 0.15) is 5.56 Å². The van der Waals surface area contributed by atoms with Gasteiger partial charge in [-0.25, -0.2) is 4.79 Å². The first-order chi connectivity index (χ1) is 14.9. The van der Waals surface area contributed by atoms with Crippen molar-refractivity contribution in [3.8, 4) is 22.8 Å². The number of benzene rings is 1. The molecule has 1 aromatic carbocycles. The van der Waals surface area contributed by atoms with Gasteiger partial charge >= 0.3 is 5.97 Å². The third kappa shape index (κ3) is 3.70. The molecular weight excluding hydrogens is 402 g/mol. The molecule has 2 aromatic rings. The lowest BCUT2D eigenvalue weighted by Gasteiger charge is -2.52. The summed E-state index contributed by atoms with van der Waals surface area (Å²) in [4.78, 5) is 24.1. The second kappa shape index (κ2) is 8.36. The molecule has 2 aliphatic rings. The minimum absolute atomic E-state index is 0.102. The minimum Gasteiger partial charge on any atom is -0.493 e. The van der Waals surface area contributed by atoms with Gasteiger partial charge in [0, 0.05) is 45.1 Å². The molecule has 1 aliphatic heterocycles. The first kappa shape index (κ1) is 21.4. The molecule has 0 atom stereocenters. The molecule has 8 nitrogen and oxygen atoms in total. The summed E-state index contributed by atoms with van der Waals surface area (Å²) in [7, 11) is 4.91. The van der Waals surface area contributed by atoms with E-state index >= 15 is 0 Å². The second-order valence-corrected chi connectivity index (χ2v) is 8.13. The van der Waals surface area contributed by atoms with Crippen molar-refractivity contribution in [3.63, 3.8) is 0 Å². The lowest BCUT2D eigenvalue weighted by molar-refractivity contribution is -0.0515. The smallest absolute Gasteiger partial charge is 0.341 e. The zero-order chi connectivity index (χ0) is 22.2. The Bertz CT molecular complexity index is 1050. The molecule has 166 valence electrons. The Kier molecular flexibility index (Phi) is 5.77. The molecule has 1 aromatic heterocycles. The van der Waals surface area contributed by atoms with E-state index in [1.807, 2.05) is 16.7 Å². The highest BCUT2D eigenvalue weighted by atomic mass is 16.5. The van der Waals surface area contributed by atoms with Crippen LogP contribution >= 0.6 is 0 Å². The van der Waals surface area contributed by atoms with Crippen molar-refractivity contribution in [2.45, 2.75) is 37.3 Å². The van der Waals surface area contributed by atoms with Crippen molar-refractivity contribution in [2.24, 2.45) is 0 Å². The molecule has 1 fully saturated rings. The second-order valence-electron chi connectivity index (χ2n) is 8.13. The fourth-order valence-corrected chi connectivity index (χ4v) is 4.67. The van der Waals surface area contributed by atoms with Crippen LogP contribution in [0.15, 0.2) is 29.2 Å². The number of nitrogens with zero attached hydrogens (tertiary/aromatic N) is 1. The third-order valence-corrected chi connectivity index (χ3v) is 6.28. The topological polar surface area (TPSA) is 96.2 Å². The lowest BCUT2D eigenvalue weighted by atomic mass is 9.67. The summed E-state index contributed by atoms with van der Waals surface area (Å²) in [5.41, 5.74) is 1.51. The van der Waals surface area contributed by atoms with Crippen LogP contribution in [0.1, 0.15) is 35.2 Å². The fraction of sp³-hybridized carbons (Fsp3) is 0.478. The standard InChI is InChI=1S/C23H27NO7/c1-28-5-4-6-31-21-7-14-10-23(11-15(12-23)29-2)24-13-17(22(26)27)19(25)9-18(24)16(14)8-20(21)30-3/h7-9,13,15H,4-6,10-12H2,1-3H3,(H,26,27). The van der Waals surface area contributed by atoms with Gasteiger partial charge in [-0.2, -0.15) is 0 Å². The Morgan fingerprint density at radius 1 is 1.16 bits per heavy atom. The highest BCUT2D eigenvalue weighted by Crippen LogP contribution is 2.51. The van der Waals surface area contributed by atoms with Gasteiger partial charge in [-0.1, -0.05) is 0 Å². The maximum atomic E-state index is 12.5. The number of carboxylic acids is 1. The maximum Gasteiger partial charge on any atom is 0.341 e. The maximum absolute atomic E-state index is 12.5. The molecule has 0 saturated heterocycles. The van der Waals surface area contributed by atoms with E-state index in [4.69, 9.17) is 18.9 Å². The number of hydrogen-bond acceptors (Lipinski definition) is 6. The summed E-state index contributed by atoms with van der Waals surface area (Å²) in [6, 6.07) is 5.26. The molecule has 1 aliphatic carbocycles. The number of fused-ring (bicyclic) bond motifs is 4. The van der Waals surface area contributed by atoms with Crippen LogP contribution < -0.4 is 14.9 Å². The predicted molar refractivity (Wildman–Crippen MR) is 113 cm³/mol. The van der Waals surface area contributed by atoms with Gasteiger partial charge in [0.25, 0.3) is 0 Å². The van der Waals surface area contributed by atoms with Crippen LogP contribution in [0.3, 0.4) is 0 Å². The van der Waals surface area contributed by atoms with Crippen molar-refractivity contribution in [3.05, 3.63) is 45.7 Å². The van der Waals surface area contributed by atoms with E-state index in [9.17, 15) is 14.7 Å². The Morgan fingerprint density at radius 3 is 2.58 bits per heavy atom. The van der Waals surface area contributed by atoms with Crippen molar-refractivity contribution < 1.29 is 28.8 Å². The molecule has 31 heavy (non-hydrogen) atoms. The normalized spacial score (nSPS) is 21.2. The van der Waals surface area contributed by atoms with E-state index in [2.05, 4.69) is 0 Å². The summed E-state index contributed by atoms with van der Waals surface area (Å²) in [5, 5.41) is 9.48. The number of aromatic carboxylic acids is 1. The van der Waals surface area contributed by atoms with Crippen molar-refractivity contribution in [1.82, 2.24) is 4.57 Å². The van der Waals surface area contributed by atoms with Crippen LogP contribution in [0.4, 0.5) is 0 Å². The molecule has 0 radical (unpaired) electrons. The molecule has 1 spiro atoms. The van der Waals surface area contributed by atoms with Crippen LogP contribution in [0, 0.1) is 0 Å². The van der Waals surface area contributed by atoms with Gasteiger partial charge in [0.2, 0.25) is 0 Å². The van der Waals surface area contributed by atoms with E-state index in [0.717, 1.165) is 30.4 Å². The van der Waals surface area contributed by atoms with Crippen LogP contribution in [0.5, 0.6) is 11.5 Å². The molecule has 8 heteroatoms. The van der Waals surface area contributed by atoms with Crippen molar-refractivity contribution in [1.29, 1.82) is 0 Å². The molecule has 0 bridgehead atoms. The van der Waals surface area contributed by atoms with Crippen LogP contribution in [-0.4, -0.2) is 56.3 Å². The number of ether oxygens (including phenoxy) is 4. The van der Waals surface area contributed by atoms with Crippen molar-refractivity contribution >= 4 is 5.97 Å². The number of rotatable bonds is 8. The van der Waals surface area contributed by atoms with E-state index in [1.165, 1.54) is 12.3 Å². The quantitative estimate of drug-likeness (QED) is 0.645. The Balaban J connectivity index is 1.81. The number of carbonyl (C=O) groups is 1. The summed E-state index contributed by atoms with van der Waals surface area (Å²) in [5.74, 6) is -0.00822. The van der Waals surface area contributed by atoms with Gasteiger partial charge in [0.15, 0.2) is 16.9 Å². The Labute approximate surface area is 180 Å². The van der Waals surface area contributed by atoms with Crippen molar-refractivity contribution in [2.75, 3.05) is 34.5 Å². The molecule has 1 N–H and O–H groups in total. The molecule has 1 saturated carbocycles. The SMILES string of the molecule is COCCCOc1cc2c(cc1OC)-c1cc(=O)c(C(=O)O)cn1C1(C2)CC(OC)C1. The first-order valence-corrected chi connectivity index (χ1v) is 10.3. The van der Waals surface area contributed by atoms with E-state index < -0.39 is 11.4 Å². The van der Waals surface area contributed by atoms with E-state index in [1.54, 1.807) is 21.3 Å². The lowest BCUT2D eigenvalue weighted by Crippen LogP contribution is -2.53. The first-order valence-electron chi connectivity index (χ1n) is 10.3. The highest BCUT2D eigenvalue weighted by molar-refractivity contribution is 5.88. The monoisotopic (exact) mass is 429 g/mol. The summed E-state index contributed by atoms with van der Waals surface area (Å²) < 4.78 is 24.0. The summed E-state index contributed by atoms with van der Waals surface area (Å²) in [6.45, 7) is 1.11. The average Bonchev–Trinajstić information content (AvgIpc) is 2.73. The van der Waals surface area contributed by atoms with Crippen LogP contribution in [-0.2, 0) is 21.4 Å². The van der Waals surface area contributed by atoms with Crippen LogP contribution in [0.2, 0.25) is 0 Å². The number of methoxy groups -OCH3 is 3. The zero-order valence-corrected chi connectivity index (χ0v) is 18.0. The zero-order valence-electron chi connectivity index (χ0n) is 18.0. The summed E-state index contributed by atoms with van der Waals surface area (Å²) >= 11 is 0. The minimum atomic E-state index is -1.22. The van der Waals surface area contributed by atoms with E-state index in [-0.39, 0.29) is 17.2 Å². The number of pyridine rings is 1. The number of hydrogen-bond donors (Lipinski definition) is 1. The van der Waals surface area contributed by atoms with Gasteiger partial charge < -0.3 is 28.6 Å². The average molecular weight is 429 g/mol. The third-order valence-electron chi connectivity index (χ3n) is 6.28. The fourth-order valence-electron chi connectivity index (χ4n) is 4.67. The Morgan fingerprint density at radius 2 is 1.94 bits per heavy atom. The number of aromatic nitrogens is 1. The molecule has 4 rings (SSSR count). The van der Waals surface area contributed by atoms with Gasteiger partial charge in [-0.3, -0.25) is 4.79 Å². The summed E-state index contributed by atoms with van der Waals surface area (Å²) in [6.07, 6.45) is 4.52. The highest BCUT2D eigenvalue weighted by Gasteiger charge is 2.49. The van der Waals surface area contributed by atoms with Crippen LogP contribution in [0.25, 0.3) is 11.3 Å². The molecule has 2 heterocycles. The largest absolute Gasteiger partial charge is 0.493 e. The molecule has 0 amide bonds. The molecule has 0 unspecified atom stereocenters. The van der Waals surface area contributed by atoms with Gasteiger partial charge in [0.05, 0.1) is 31.1 Å². The van der Waals surface area contributed by atoms with Gasteiger partial charge in [-0.15, -0.1) is 0 Å². The Hall–Kier alpha value is -2.84. The van der Waals surface area contributed by atoms with E-state index in [0.29, 0.717) is 36.8 Å². The van der Waals surface area contributed by atoms with Gasteiger partial charge in [-0.05, 0) is 37.0 Å².